The Kier molecular flexibility index (Phi) is 5.04. The molecule has 20 heavy (non-hydrogen) atoms. The lowest BCUT2D eigenvalue weighted by atomic mass is 10.4. The zero-order valence-electron chi connectivity index (χ0n) is 12.4. The Hall–Kier alpha value is -0.660. The minimum absolute atomic E-state index is 0.295. The summed E-state index contributed by atoms with van der Waals surface area (Å²) in [5, 5.41) is 2.75. The molecule has 0 aliphatic carbocycles. The smallest absolute Gasteiger partial charge is 0.216 e. The summed E-state index contributed by atoms with van der Waals surface area (Å²) in [5.41, 5.74) is 1.03. The highest BCUT2D eigenvalue weighted by Crippen LogP contribution is 2.23. The molecule has 1 aromatic heterocycles. The van der Waals surface area contributed by atoms with Crippen molar-refractivity contribution in [2.45, 2.75) is 38.9 Å². The fraction of sp³-hybridized carbons (Fsp3) is 0.769. The number of anilines is 1. The van der Waals surface area contributed by atoms with Gasteiger partial charge in [-0.3, -0.25) is 0 Å². The van der Waals surface area contributed by atoms with Gasteiger partial charge in [-0.05, 0) is 26.7 Å². The van der Waals surface area contributed by atoms with Crippen LogP contribution in [0.1, 0.15) is 32.4 Å². The largest absolute Gasteiger partial charge is 0.347 e. The molecule has 114 valence electrons. The van der Waals surface area contributed by atoms with Crippen molar-refractivity contribution in [1.29, 1.82) is 0 Å². The summed E-state index contributed by atoms with van der Waals surface area (Å²) >= 11 is 1.63. The van der Waals surface area contributed by atoms with Crippen LogP contribution >= 0.6 is 11.3 Å². The van der Waals surface area contributed by atoms with Crippen LogP contribution in [0.25, 0.3) is 0 Å². The summed E-state index contributed by atoms with van der Waals surface area (Å²) in [5.74, 6) is 0. The van der Waals surface area contributed by atoms with Gasteiger partial charge in [-0.15, -0.1) is 11.3 Å². The Bertz CT molecular complexity index is 542. The SMILES string of the molecule is CC[C@@H](C)S(=O)(=O)N1CCCN(c2nc(C)cs2)CC1. The lowest BCUT2D eigenvalue weighted by molar-refractivity contribution is 0.424. The first-order valence-corrected chi connectivity index (χ1v) is 9.49. The van der Waals surface area contributed by atoms with E-state index in [1.807, 2.05) is 19.2 Å². The minimum Gasteiger partial charge on any atom is -0.347 e. The molecule has 0 unspecified atom stereocenters. The molecule has 1 fully saturated rings. The predicted molar refractivity (Wildman–Crippen MR) is 83.9 cm³/mol. The summed E-state index contributed by atoms with van der Waals surface area (Å²) in [6.07, 6.45) is 1.52. The summed E-state index contributed by atoms with van der Waals surface area (Å²) in [6, 6.07) is 0. The molecule has 0 saturated carbocycles. The molecule has 5 nitrogen and oxygen atoms in total. The van der Waals surface area contributed by atoms with Gasteiger partial charge in [0.15, 0.2) is 5.13 Å². The van der Waals surface area contributed by atoms with Crippen molar-refractivity contribution in [2.75, 3.05) is 31.1 Å². The second kappa shape index (κ2) is 6.41. The number of hydrogen-bond acceptors (Lipinski definition) is 5. The van der Waals surface area contributed by atoms with E-state index < -0.39 is 10.0 Å². The average Bonchev–Trinajstić information content (AvgIpc) is 2.71. The maximum absolute atomic E-state index is 12.4. The summed E-state index contributed by atoms with van der Waals surface area (Å²) < 4.78 is 26.5. The fourth-order valence-electron chi connectivity index (χ4n) is 2.29. The minimum atomic E-state index is -3.15. The lowest BCUT2D eigenvalue weighted by Gasteiger charge is -2.24. The van der Waals surface area contributed by atoms with Crippen molar-refractivity contribution >= 4 is 26.5 Å². The van der Waals surface area contributed by atoms with Gasteiger partial charge >= 0.3 is 0 Å². The third-order valence-electron chi connectivity index (χ3n) is 3.78. The standard InChI is InChI=1S/C13H23N3O2S2/c1-4-12(3)20(17,18)16-7-5-6-15(8-9-16)13-14-11(2)10-19-13/h10,12H,4-9H2,1-3H3/t12-/m1/s1. The molecule has 1 atom stereocenters. The molecule has 1 aliphatic rings. The van der Waals surface area contributed by atoms with E-state index in [9.17, 15) is 8.42 Å². The van der Waals surface area contributed by atoms with Crippen molar-refractivity contribution < 1.29 is 8.42 Å². The van der Waals surface area contributed by atoms with Crippen molar-refractivity contribution in [3.05, 3.63) is 11.1 Å². The van der Waals surface area contributed by atoms with Gasteiger partial charge in [0.25, 0.3) is 0 Å². The molecule has 1 saturated heterocycles. The van der Waals surface area contributed by atoms with Crippen molar-refractivity contribution in [1.82, 2.24) is 9.29 Å². The second-order valence-corrected chi connectivity index (χ2v) is 8.46. The number of aryl methyl sites for hydroxylation is 1. The molecule has 1 aromatic rings. The van der Waals surface area contributed by atoms with Gasteiger partial charge in [0.2, 0.25) is 10.0 Å². The Labute approximate surface area is 125 Å². The van der Waals surface area contributed by atoms with Crippen LogP contribution < -0.4 is 4.90 Å². The summed E-state index contributed by atoms with van der Waals surface area (Å²) in [7, 11) is -3.15. The maximum Gasteiger partial charge on any atom is 0.216 e. The van der Waals surface area contributed by atoms with Crippen LogP contribution in [0.4, 0.5) is 5.13 Å². The first-order chi connectivity index (χ1) is 9.45. The van der Waals surface area contributed by atoms with Crippen LogP contribution in [0, 0.1) is 6.92 Å². The molecule has 0 N–H and O–H groups in total. The Balaban J connectivity index is 2.06. The van der Waals surface area contributed by atoms with E-state index in [-0.39, 0.29) is 5.25 Å². The molecule has 2 heterocycles. The van der Waals surface area contributed by atoms with Crippen molar-refractivity contribution in [3.8, 4) is 0 Å². The van der Waals surface area contributed by atoms with Crippen LogP contribution in [-0.4, -0.2) is 49.1 Å². The normalized spacial score (nSPS) is 19.9. The number of hydrogen-bond donors (Lipinski definition) is 0. The third kappa shape index (κ3) is 3.32. The van der Waals surface area contributed by atoms with Crippen LogP contribution in [0.15, 0.2) is 5.38 Å². The van der Waals surface area contributed by atoms with Crippen molar-refractivity contribution in [3.63, 3.8) is 0 Å². The quantitative estimate of drug-likeness (QED) is 0.853. The topological polar surface area (TPSA) is 53.5 Å². The highest BCUT2D eigenvalue weighted by Gasteiger charge is 2.29. The highest BCUT2D eigenvalue weighted by molar-refractivity contribution is 7.89. The van der Waals surface area contributed by atoms with Gasteiger partial charge in [-0.1, -0.05) is 6.92 Å². The van der Waals surface area contributed by atoms with Gasteiger partial charge in [0, 0.05) is 31.6 Å². The van der Waals surface area contributed by atoms with E-state index in [4.69, 9.17) is 0 Å². The van der Waals surface area contributed by atoms with Gasteiger partial charge in [-0.2, -0.15) is 4.31 Å². The van der Waals surface area contributed by atoms with Crippen LogP contribution in [-0.2, 0) is 10.0 Å². The van der Waals surface area contributed by atoms with E-state index in [0.29, 0.717) is 19.5 Å². The zero-order chi connectivity index (χ0) is 14.8. The molecular weight excluding hydrogens is 294 g/mol. The second-order valence-electron chi connectivity index (χ2n) is 5.27. The van der Waals surface area contributed by atoms with Crippen molar-refractivity contribution in [2.24, 2.45) is 0 Å². The first-order valence-electron chi connectivity index (χ1n) is 7.11. The summed E-state index contributed by atoms with van der Waals surface area (Å²) in [4.78, 5) is 6.69. The number of sulfonamides is 1. The van der Waals surface area contributed by atoms with E-state index >= 15 is 0 Å². The Morgan fingerprint density at radius 1 is 1.35 bits per heavy atom. The predicted octanol–water partition coefficient (Wildman–Crippen LogP) is 2.09. The monoisotopic (exact) mass is 317 g/mol. The van der Waals surface area contributed by atoms with Gasteiger partial charge in [-0.25, -0.2) is 13.4 Å². The van der Waals surface area contributed by atoms with Crippen LogP contribution in [0.2, 0.25) is 0 Å². The highest BCUT2D eigenvalue weighted by atomic mass is 32.2. The summed E-state index contributed by atoms with van der Waals surface area (Å²) in [6.45, 7) is 8.48. The lowest BCUT2D eigenvalue weighted by Crippen LogP contribution is -2.39. The third-order valence-corrected chi connectivity index (χ3v) is 7.23. The van der Waals surface area contributed by atoms with Crippen LogP contribution in [0.3, 0.4) is 0 Å². The number of rotatable bonds is 4. The van der Waals surface area contributed by atoms with Gasteiger partial charge in [0.05, 0.1) is 10.9 Å². The van der Waals surface area contributed by atoms with E-state index in [2.05, 4.69) is 9.88 Å². The van der Waals surface area contributed by atoms with E-state index in [0.717, 1.165) is 30.3 Å². The molecule has 0 bridgehead atoms. The fourth-order valence-corrected chi connectivity index (χ4v) is 4.80. The van der Waals surface area contributed by atoms with Gasteiger partial charge < -0.3 is 4.90 Å². The average molecular weight is 317 g/mol. The molecule has 0 amide bonds. The van der Waals surface area contributed by atoms with Crippen LogP contribution in [0.5, 0.6) is 0 Å². The number of aromatic nitrogens is 1. The number of nitrogens with zero attached hydrogens (tertiary/aromatic N) is 3. The molecule has 1 aliphatic heterocycles. The Morgan fingerprint density at radius 3 is 2.70 bits per heavy atom. The first kappa shape index (κ1) is 15.7. The Morgan fingerprint density at radius 2 is 2.10 bits per heavy atom. The molecule has 2 rings (SSSR count). The maximum atomic E-state index is 12.4. The molecular formula is C13H23N3O2S2. The van der Waals surface area contributed by atoms with E-state index in [1.54, 1.807) is 22.6 Å². The van der Waals surface area contributed by atoms with Gasteiger partial charge in [0.1, 0.15) is 0 Å². The van der Waals surface area contributed by atoms with E-state index in [1.165, 1.54) is 0 Å². The number of thiazole rings is 1. The molecule has 0 aromatic carbocycles. The molecule has 0 radical (unpaired) electrons. The molecule has 7 heteroatoms. The zero-order valence-corrected chi connectivity index (χ0v) is 14.0. The molecule has 0 spiro atoms.